The van der Waals surface area contributed by atoms with Crippen LogP contribution in [-0.4, -0.2) is 23.4 Å². The highest BCUT2D eigenvalue weighted by Crippen LogP contribution is 2.21. The molecule has 0 spiro atoms. The van der Waals surface area contributed by atoms with Crippen molar-refractivity contribution < 1.29 is 4.79 Å². The minimum atomic E-state index is 0.148. The van der Waals surface area contributed by atoms with Crippen LogP contribution >= 0.6 is 0 Å². The van der Waals surface area contributed by atoms with E-state index in [1.54, 1.807) is 0 Å². The van der Waals surface area contributed by atoms with Crippen molar-refractivity contribution in [2.45, 2.75) is 31.7 Å². The van der Waals surface area contributed by atoms with Crippen molar-refractivity contribution in [1.29, 1.82) is 0 Å². The zero-order valence-electron chi connectivity index (χ0n) is 13.4. The second kappa shape index (κ2) is 7.77. The third-order valence-electron chi connectivity index (χ3n) is 4.39. The summed E-state index contributed by atoms with van der Waals surface area (Å²) in [6.07, 6.45) is 8.86. The van der Waals surface area contributed by atoms with Crippen molar-refractivity contribution in [1.82, 2.24) is 4.90 Å². The first kappa shape index (κ1) is 15.5. The zero-order valence-corrected chi connectivity index (χ0v) is 13.4. The molecule has 1 aliphatic rings. The van der Waals surface area contributed by atoms with Gasteiger partial charge < -0.3 is 4.90 Å². The molecule has 3 rings (SSSR count). The third-order valence-corrected chi connectivity index (χ3v) is 4.39. The van der Waals surface area contributed by atoms with E-state index in [1.165, 1.54) is 18.4 Å². The summed E-state index contributed by atoms with van der Waals surface area (Å²) in [5.41, 5.74) is 1.97. The maximum Gasteiger partial charge on any atom is 0.254 e. The normalized spacial score (nSPS) is 18.8. The maximum atomic E-state index is 12.9. The molecule has 1 atom stereocenters. The van der Waals surface area contributed by atoms with Gasteiger partial charge in [0.25, 0.3) is 5.91 Å². The summed E-state index contributed by atoms with van der Waals surface area (Å²) in [5, 5.41) is 0. The van der Waals surface area contributed by atoms with Gasteiger partial charge in [-0.1, -0.05) is 73.5 Å². The molecule has 1 aliphatic heterocycles. The zero-order chi connectivity index (χ0) is 15.9. The van der Waals surface area contributed by atoms with Crippen LogP contribution in [0.2, 0.25) is 0 Å². The van der Waals surface area contributed by atoms with Crippen LogP contribution in [0.4, 0.5) is 0 Å². The fourth-order valence-electron chi connectivity index (χ4n) is 3.12. The summed E-state index contributed by atoms with van der Waals surface area (Å²) >= 11 is 0. The quantitative estimate of drug-likeness (QED) is 0.798. The Labute approximate surface area is 138 Å². The van der Waals surface area contributed by atoms with Crippen molar-refractivity contribution in [2.24, 2.45) is 0 Å². The summed E-state index contributed by atoms with van der Waals surface area (Å²) in [6.45, 7) is 0.845. The van der Waals surface area contributed by atoms with E-state index < -0.39 is 0 Å². The van der Waals surface area contributed by atoms with Gasteiger partial charge in [0.2, 0.25) is 0 Å². The Morgan fingerprint density at radius 2 is 1.61 bits per heavy atom. The van der Waals surface area contributed by atoms with E-state index >= 15 is 0 Å². The molecule has 2 aromatic carbocycles. The predicted molar refractivity (Wildman–Crippen MR) is 95.2 cm³/mol. The van der Waals surface area contributed by atoms with Crippen molar-refractivity contribution in [3.8, 4) is 0 Å². The lowest BCUT2D eigenvalue weighted by Gasteiger charge is -2.28. The number of amides is 1. The predicted octanol–water partition coefficient (Wildman–Crippen LogP) is 4.78. The highest BCUT2D eigenvalue weighted by Gasteiger charge is 2.24. The van der Waals surface area contributed by atoms with E-state index in [9.17, 15) is 4.79 Å². The van der Waals surface area contributed by atoms with Crippen molar-refractivity contribution in [2.75, 3.05) is 6.54 Å². The van der Waals surface area contributed by atoms with Crippen LogP contribution in [0.1, 0.15) is 41.6 Å². The fraction of sp³-hybridized carbons (Fsp3) is 0.286. The summed E-state index contributed by atoms with van der Waals surface area (Å²) < 4.78 is 0. The van der Waals surface area contributed by atoms with Crippen LogP contribution in [0.3, 0.4) is 0 Å². The van der Waals surface area contributed by atoms with Gasteiger partial charge in [0.1, 0.15) is 0 Å². The number of hydrogen-bond donors (Lipinski definition) is 0. The molecule has 1 unspecified atom stereocenters. The molecule has 0 radical (unpaired) electrons. The lowest BCUT2D eigenvalue weighted by Crippen LogP contribution is -2.38. The van der Waals surface area contributed by atoms with E-state index in [2.05, 4.69) is 24.3 Å². The number of benzene rings is 2. The second-order valence-corrected chi connectivity index (χ2v) is 6.05. The number of carbonyl (C=O) groups is 1. The minimum absolute atomic E-state index is 0.148. The largest absolute Gasteiger partial charge is 0.332 e. The van der Waals surface area contributed by atoms with Gasteiger partial charge in [-0.15, -0.1) is 0 Å². The summed E-state index contributed by atoms with van der Waals surface area (Å²) in [4.78, 5) is 14.9. The van der Waals surface area contributed by atoms with E-state index in [1.807, 2.05) is 53.4 Å². The highest BCUT2D eigenvalue weighted by atomic mass is 16.2. The Kier molecular flexibility index (Phi) is 5.25. The molecule has 0 bridgehead atoms. The first-order valence-corrected chi connectivity index (χ1v) is 8.44. The number of carbonyl (C=O) groups excluding carboxylic acids is 1. The monoisotopic (exact) mass is 305 g/mol. The molecule has 23 heavy (non-hydrogen) atoms. The minimum Gasteiger partial charge on any atom is -0.332 e. The summed E-state index contributed by atoms with van der Waals surface area (Å²) in [6, 6.07) is 20.1. The Bertz CT molecular complexity index is 648. The summed E-state index contributed by atoms with van der Waals surface area (Å²) in [7, 11) is 0. The number of rotatable bonds is 3. The Morgan fingerprint density at radius 3 is 2.35 bits per heavy atom. The smallest absolute Gasteiger partial charge is 0.254 e. The van der Waals surface area contributed by atoms with Gasteiger partial charge in [-0.25, -0.2) is 0 Å². The molecule has 2 nitrogen and oxygen atoms in total. The van der Waals surface area contributed by atoms with Crippen LogP contribution in [-0.2, 0) is 0 Å². The summed E-state index contributed by atoms with van der Waals surface area (Å²) in [5.74, 6) is 0.148. The van der Waals surface area contributed by atoms with Crippen LogP contribution in [0, 0.1) is 0 Å². The topological polar surface area (TPSA) is 20.3 Å². The average molecular weight is 305 g/mol. The maximum absolute atomic E-state index is 12.9. The molecule has 0 aromatic heterocycles. The van der Waals surface area contributed by atoms with E-state index in [0.29, 0.717) is 0 Å². The molecule has 2 aromatic rings. The van der Waals surface area contributed by atoms with Gasteiger partial charge in [0, 0.05) is 12.1 Å². The highest BCUT2D eigenvalue weighted by molar-refractivity contribution is 5.94. The molecule has 0 aliphatic carbocycles. The van der Waals surface area contributed by atoms with Gasteiger partial charge >= 0.3 is 0 Å². The van der Waals surface area contributed by atoms with Gasteiger partial charge in [-0.3, -0.25) is 4.79 Å². The number of likely N-dealkylation sites (tertiary alicyclic amines) is 1. The third kappa shape index (κ3) is 4.10. The molecule has 1 amide bonds. The van der Waals surface area contributed by atoms with Gasteiger partial charge in [-0.2, -0.15) is 0 Å². The second-order valence-electron chi connectivity index (χ2n) is 6.05. The van der Waals surface area contributed by atoms with E-state index in [0.717, 1.165) is 24.9 Å². The fourth-order valence-corrected chi connectivity index (χ4v) is 3.12. The van der Waals surface area contributed by atoms with Crippen molar-refractivity contribution >= 4 is 12.0 Å². The molecular weight excluding hydrogens is 282 g/mol. The van der Waals surface area contributed by atoms with Crippen molar-refractivity contribution in [3.63, 3.8) is 0 Å². The Balaban J connectivity index is 1.80. The van der Waals surface area contributed by atoms with E-state index in [4.69, 9.17) is 0 Å². The van der Waals surface area contributed by atoms with Gasteiger partial charge in [-0.05, 0) is 30.5 Å². The van der Waals surface area contributed by atoms with Crippen LogP contribution in [0.5, 0.6) is 0 Å². The standard InChI is InChI=1S/C21H23NO/c23-21(19-12-6-2-7-13-19)22-17-9-3-8-14-20(22)16-15-18-10-4-1-5-11-18/h1-2,4-7,10-13,15-16,20H,3,8-9,14,17H2. The molecule has 0 N–H and O–H groups in total. The Morgan fingerprint density at radius 1 is 0.913 bits per heavy atom. The molecule has 2 heteroatoms. The van der Waals surface area contributed by atoms with Crippen LogP contribution < -0.4 is 0 Å². The number of nitrogens with zero attached hydrogens (tertiary/aromatic N) is 1. The van der Waals surface area contributed by atoms with Crippen LogP contribution in [0.25, 0.3) is 6.08 Å². The van der Waals surface area contributed by atoms with Crippen molar-refractivity contribution in [3.05, 3.63) is 77.9 Å². The lowest BCUT2D eigenvalue weighted by molar-refractivity contribution is 0.0718. The van der Waals surface area contributed by atoms with Gasteiger partial charge in [0.05, 0.1) is 6.04 Å². The Hall–Kier alpha value is -2.35. The molecular formula is C21H23NO. The molecule has 1 heterocycles. The first-order valence-electron chi connectivity index (χ1n) is 8.44. The van der Waals surface area contributed by atoms with E-state index in [-0.39, 0.29) is 11.9 Å². The number of hydrogen-bond acceptors (Lipinski definition) is 1. The molecule has 1 fully saturated rings. The molecule has 1 saturated heterocycles. The molecule has 0 saturated carbocycles. The SMILES string of the molecule is O=C(c1ccccc1)N1CCCCCC1C=Cc1ccccc1. The average Bonchev–Trinajstić information content (AvgIpc) is 2.86. The molecule has 118 valence electrons. The van der Waals surface area contributed by atoms with Gasteiger partial charge in [0.15, 0.2) is 0 Å². The van der Waals surface area contributed by atoms with Crippen LogP contribution in [0.15, 0.2) is 66.7 Å². The first-order chi connectivity index (χ1) is 11.3. The lowest BCUT2D eigenvalue weighted by atomic mass is 10.1.